The Kier molecular flexibility index (Phi) is 5.34. The van der Waals surface area contributed by atoms with Crippen molar-refractivity contribution >= 4 is 16.5 Å². The number of anilines is 1. The maximum absolute atomic E-state index is 5.54. The Morgan fingerprint density at radius 2 is 1.71 bits per heavy atom. The zero-order valence-electron chi connectivity index (χ0n) is 14.2. The quantitative estimate of drug-likeness (QED) is 0.664. The maximum atomic E-state index is 5.54. The van der Waals surface area contributed by atoms with Crippen LogP contribution in [0.1, 0.15) is 18.1 Å². The molecular weight excluding hydrogens is 298 g/mol. The smallest absolute Gasteiger partial charge is 0.119 e. The van der Waals surface area contributed by atoms with Crippen LogP contribution < -0.4 is 10.1 Å². The molecule has 3 aromatic carbocycles. The summed E-state index contributed by atoms with van der Waals surface area (Å²) in [6.07, 6.45) is 0. The van der Waals surface area contributed by atoms with Crippen LogP contribution in [0.3, 0.4) is 0 Å². The van der Waals surface area contributed by atoms with E-state index in [9.17, 15) is 0 Å². The molecule has 0 amide bonds. The summed E-state index contributed by atoms with van der Waals surface area (Å²) in [5, 5.41) is 5.93. The molecule has 0 unspecified atom stereocenters. The fraction of sp³-hybridized carbons (Fsp3) is 0.238. The van der Waals surface area contributed by atoms with Gasteiger partial charge in [-0.25, -0.2) is 0 Å². The Balaban J connectivity index is 1.74. The first-order valence-electron chi connectivity index (χ1n) is 8.26. The second kappa shape index (κ2) is 7.84. The highest BCUT2D eigenvalue weighted by Gasteiger charge is 2.03. The van der Waals surface area contributed by atoms with Crippen molar-refractivity contribution in [2.75, 3.05) is 19.0 Å². The third-order valence-electron chi connectivity index (χ3n) is 4.07. The Labute approximate surface area is 143 Å². The van der Waals surface area contributed by atoms with Crippen molar-refractivity contribution < 1.29 is 9.47 Å². The van der Waals surface area contributed by atoms with E-state index in [4.69, 9.17) is 9.47 Å². The van der Waals surface area contributed by atoms with E-state index in [-0.39, 0.29) is 0 Å². The lowest BCUT2D eigenvalue weighted by Gasteiger charge is -2.12. The van der Waals surface area contributed by atoms with E-state index in [1.165, 1.54) is 21.9 Å². The van der Waals surface area contributed by atoms with E-state index < -0.39 is 0 Å². The molecule has 0 aliphatic rings. The van der Waals surface area contributed by atoms with Crippen molar-refractivity contribution in [2.24, 2.45) is 0 Å². The highest BCUT2D eigenvalue weighted by molar-refractivity contribution is 5.84. The SMILES string of the molecule is CCOCc1ccccc1NCc1ccc2cc(OC)ccc2c1. The van der Waals surface area contributed by atoms with E-state index in [0.717, 1.165) is 24.6 Å². The van der Waals surface area contributed by atoms with Crippen molar-refractivity contribution in [1.82, 2.24) is 0 Å². The van der Waals surface area contributed by atoms with Gasteiger partial charge in [0, 0.05) is 24.4 Å². The van der Waals surface area contributed by atoms with Gasteiger partial charge in [-0.1, -0.05) is 36.4 Å². The number of fused-ring (bicyclic) bond motifs is 1. The average molecular weight is 321 g/mol. The van der Waals surface area contributed by atoms with Gasteiger partial charge in [0.2, 0.25) is 0 Å². The molecule has 3 heteroatoms. The van der Waals surface area contributed by atoms with Crippen LogP contribution in [0.5, 0.6) is 5.75 Å². The largest absolute Gasteiger partial charge is 0.497 e. The van der Waals surface area contributed by atoms with Crippen LogP contribution in [-0.4, -0.2) is 13.7 Å². The number of methoxy groups -OCH3 is 1. The summed E-state index contributed by atoms with van der Waals surface area (Å²) in [5.74, 6) is 0.887. The summed E-state index contributed by atoms with van der Waals surface area (Å²) in [6, 6.07) is 21.0. The molecule has 0 aromatic heterocycles. The second-order valence-electron chi connectivity index (χ2n) is 5.70. The Hall–Kier alpha value is -2.52. The van der Waals surface area contributed by atoms with E-state index in [1.54, 1.807) is 7.11 Å². The molecule has 0 spiro atoms. The Morgan fingerprint density at radius 3 is 2.54 bits per heavy atom. The lowest BCUT2D eigenvalue weighted by atomic mass is 10.1. The minimum absolute atomic E-state index is 0.636. The molecule has 1 N–H and O–H groups in total. The predicted octanol–water partition coefficient (Wildman–Crippen LogP) is 5.00. The lowest BCUT2D eigenvalue weighted by molar-refractivity contribution is 0.134. The number of nitrogens with one attached hydrogen (secondary N) is 1. The second-order valence-corrected chi connectivity index (χ2v) is 5.70. The normalized spacial score (nSPS) is 10.8. The maximum Gasteiger partial charge on any atom is 0.119 e. The first-order valence-corrected chi connectivity index (χ1v) is 8.26. The van der Waals surface area contributed by atoms with Gasteiger partial charge in [-0.3, -0.25) is 0 Å². The fourth-order valence-corrected chi connectivity index (χ4v) is 2.74. The monoisotopic (exact) mass is 321 g/mol. The van der Waals surface area contributed by atoms with E-state index >= 15 is 0 Å². The van der Waals surface area contributed by atoms with Gasteiger partial charge in [-0.05, 0) is 47.5 Å². The van der Waals surface area contributed by atoms with Crippen molar-refractivity contribution in [3.63, 3.8) is 0 Å². The predicted molar refractivity (Wildman–Crippen MR) is 99.6 cm³/mol. The molecule has 0 aliphatic heterocycles. The van der Waals surface area contributed by atoms with Crippen LogP contribution in [0, 0.1) is 0 Å². The van der Waals surface area contributed by atoms with Crippen molar-refractivity contribution in [3.8, 4) is 5.75 Å². The van der Waals surface area contributed by atoms with Gasteiger partial charge in [0.25, 0.3) is 0 Å². The summed E-state index contributed by atoms with van der Waals surface area (Å²) in [6.45, 7) is 4.16. The van der Waals surface area contributed by atoms with Gasteiger partial charge in [0.15, 0.2) is 0 Å². The molecule has 3 nitrogen and oxygen atoms in total. The highest BCUT2D eigenvalue weighted by Crippen LogP contribution is 2.23. The Morgan fingerprint density at radius 1 is 0.917 bits per heavy atom. The molecule has 0 aliphatic carbocycles. The molecule has 0 fully saturated rings. The van der Waals surface area contributed by atoms with Crippen LogP contribution in [0.15, 0.2) is 60.7 Å². The number of ether oxygens (including phenoxy) is 2. The molecule has 3 aromatic rings. The van der Waals surface area contributed by atoms with Crippen molar-refractivity contribution in [1.29, 1.82) is 0 Å². The van der Waals surface area contributed by atoms with Gasteiger partial charge in [-0.15, -0.1) is 0 Å². The van der Waals surface area contributed by atoms with Crippen molar-refractivity contribution in [3.05, 3.63) is 71.8 Å². The zero-order valence-corrected chi connectivity index (χ0v) is 14.2. The number of rotatable bonds is 7. The number of hydrogen-bond acceptors (Lipinski definition) is 3. The van der Waals surface area contributed by atoms with Gasteiger partial charge in [0.05, 0.1) is 13.7 Å². The number of para-hydroxylation sites is 1. The highest BCUT2D eigenvalue weighted by atomic mass is 16.5. The average Bonchev–Trinajstić information content (AvgIpc) is 2.64. The number of benzene rings is 3. The van der Waals surface area contributed by atoms with E-state index in [1.807, 2.05) is 25.1 Å². The summed E-state index contributed by atoms with van der Waals surface area (Å²) in [5.41, 5.74) is 3.56. The molecule has 0 heterocycles. The molecular formula is C21H23NO2. The topological polar surface area (TPSA) is 30.5 Å². The van der Waals surface area contributed by atoms with Crippen LogP contribution in [0.25, 0.3) is 10.8 Å². The first-order chi connectivity index (χ1) is 11.8. The molecule has 124 valence electrons. The summed E-state index contributed by atoms with van der Waals surface area (Å²) in [7, 11) is 1.69. The summed E-state index contributed by atoms with van der Waals surface area (Å²) >= 11 is 0. The van der Waals surface area contributed by atoms with Crippen molar-refractivity contribution in [2.45, 2.75) is 20.1 Å². The molecule has 0 saturated carbocycles. The van der Waals surface area contributed by atoms with Crippen LogP contribution >= 0.6 is 0 Å². The minimum Gasteiger partial charge on any atom is -0.497 e. The first kappa shape index (κ1) is 16.3. The minimum atomic E-state index is 0.636. The standard InChI is InChI=1S/C21H23NO2/c1-3-24-15-19-6-4-5-7-21(19)22-14-16-8-9-18-13-20(23-2)11-10-17(18)12-16/h4-13,22H,3,14-15H2,1-2H3. The molecule has 3 rings (SSSR count). The van der Waals surface area contributed by atoms with Gasteiger partial charge < -0.3 is 14.8 Å². The van der Waals surface area contributed by atoms with Gasteiger partial charge >= 0.3 is 0 Å². The lowest BCUT2D eigenvalue weighted by Crippen LogP contribution is -2.03. The van der Waals surface area contributed by atoms with E-state index in [2.05, 4.69) is 47.8 Å². The molecule has 0 radical (unpaired) electrons. The van der Waals surface area contributed by atoms with E-state index in [0.29, 0.717) is 6.61 Å². The van der Waals surface area contributed by atoms with Crippen LogP contribution in [0.2, 0.25) is 0 Å². The third-order valence-corrected chi connectivity index (χ3v) is 4.07. The third kappa shape index (κ3) is 3.87. The zero-order chi connectivity index (χ0) is 16.8. The van der Waals surface area contributed by atoms with Crippen LogP contribution in [-0.2, 0) is 17.9 Å². The molecule has 0 saturated heterocycles. The summed E-state index contributed by atoms with van der Waals surface area (Å²) < 4.78 is 10.8. The van der Waals surface area contributed by atoms with Crippen LogP contribution in [0.4, 0.5) is 5.69 Å². The number of hydrogen-bond donors (Lipinski definition) is 1. The van der Waals surface area contributed by atoms with Gasteiger partial charge in [0.1, 0.15) is 5.75 Å². The fourth-order valence-electron chi connectivity index (χ4n) is 2.74. The Bertz CT molecular complexity index is 814. The molecule has 0 atom stereocenters. The molecule has 24 heavy (non-hydrogen) atoms. The van der Waals surface area contributed by atoms with Gasteiger partial charge in [-0.2, -0.15) is 0 Å². The summed E-state index contributed by atoms with van der Waals surface area (Å²) in [4.78, 5) is 0. The molecule has 0 bridgehead atoms.